The molecule has 0 unspecified atom stereocenters. The lowest BCUT2D eigenvalue weighted by Gasteiger charge is -2.24. The number of carboxylic acids is 1. The molecule has 0 atom stereocenters. The fourth-order valence-electron chi connectivity index (χ4n) is 1.72. The van der Waals surface area contributed by atoms with Crippen molar-refractivity contribution in [1.29, 1.82) is 0 Å². The van der Waals surface area contributed by atoms with Crippen molar-refractivity contribution in [3.05, 3.63) is 34.9 Å². The van der Waals surface area contributed by atoms with E-state index in [0.29, 0.717) is 6.54 Å². The van der Waals surface area contributed by atoms with Crippen LogP contribution in [0.3, 0.4) is 0 Å². The first-order valence-electron chi connectivity index (χ1n) is 6.62. The van der Waals surface area contributed by atoms with Gasteiger partial charge < -0.3 is 5.11 Å². The number of carbonyl (C=O) groups is 1. The van der Waals surface area contributed by atoms with Gasteiger partial charge in [0.2, 0.25) is 0 Å². The number of hydrogen-bond acceptors (Lipinski definition) is 2. The van der Waals surface area contributed by atoms with Crippen LogP contribution >= 0.6 is 0 Å². The van der Waals surface area contributed by atoms with E-state index >= 15 is 0 Å². The first-order chi connectivity index (χ1) is 8.54. The highest BCUT2D eigenvalue weighted by atomic mass is 16.4. The summed E-state index contributed by atoms with van der Waals surface area (Å²) in [4.78, 5) is 11.1. The largest absolute Gasteiger partial charge is 0.480 e. The van der Waals surface area contributed by atoms with E-state index < -0.39 is 11.5 Å². The van der Waals surface area contributed by atoms with Crippen LogP contribution in [-0.2, 0) is 16.8 Å². The molecule has 3 nitrogen and oxygen atoms in total. The van der Waals surface area contributed by atoms with Crippen LogP contribution in [0.5, 0.6) is 0 Å². The molecule has 1 aromatic carbocycles. The Balaban J connectivity index is 2.93. The normalized spacial score (nSPS) is 12.5. The van der Waals surface area contributed by atoms with Crippen molar-refractivity contribution in [2.75, 3.05) is 0 Å². The van der Waals surface area contributed by atoms with Crippen molar-refractivity contribution in [3.63, 3.8) is 0 Å². The topological polar surface area (TPSA) is 49.3 Å². The third-order valence-electron chi connectivity index (χ3n) is 3.47. The Morgan fingerprint density at radius 1 is 1.21 bits per heavy atom. The molecule has 0 bridgehead atoms. The van der Waals surface area contributed by atoms with Gasteiger partial charge in [-0.2, -0.15) is 0 Å². The minimum absolute atomic E-state index is 0.102. The Bertz CT molecular complexity index is 470. The maximum atomic E-state index is 11.1. The van der Waals surface area contributed by atoms with E-state index in [0.717, 1.165) is 5.56 Å². The van der Waals surface area contributed by atoms with Crippen LogP contribution in [0, 0.1) is 6.92 Å². The van der Waals surface area contributed by atoms with Gasteiger partial charge in [0.05, 0.1) is 0 Å². The average Bonchev–Trinajstić information content (AvgIpc) is 2.26. The third kappa shape index (κ3) is 4.06. The van der Waals surface area contributed by atoms with E-state index in [9.17, 15) is 4.79 Å². The second kappa shape index (κ2) is 5.33. The fraction of sp³-hybridized carbons (Fsp3) is 0.562. The van der Waals surface area contributed by atoms with Gasteiger partial charge in [0.15, 0.2) is 0 Å². The number of benzene rings is 1. The minimum atomic E-state index is -0.913. The molecule has 0 heterocycles. The number of nitrogens with one attached hydrogen (secondary N) is 1. The van der Waals surface area contributed by atoms with Crippen molar-refractivity contribution >= 4 is 5.97 Å². The van der Waals surface area contributed by atoms with Crippen LogP contribution < -0.4 is 5.32 Å². The van der Waals surface area contributed by atoms with Crippen molar-refractivity contribution in [3.8, 4) is 0 Å². The van der Waals surface area contributed by atoms with E-state index in [2.05, 4.69) is 51.2 Å². The predicted octanol–water partition coefficient (Wildman–Crippen LogP) is 3.25. The standard InChI is InChI=1S/C16H25NO2/c1-11-7-8-13(15(2,3)4)9-12(11)10-17-16(5,6)14(18)19/h7-9,17H,10H2,1-6H3,(H,18,19). The molecule has 0 radical (unpaired) electrons. The number of aliphatic carboxylic acids is 1. The van der Waals surface area contributed by atoms with Crippen LogP contribution in [0.1, 0.15) is 51.3 Å². The second-order valence-corrected chi connectivity index (χ2v) is 6.67. The molecular formula is C16H25NO2. The fourth-order valence-corrected chi connectivity index (χ4v) is 1.72. The highest BCUT2D eigenvalue weighted by Gasteiger charge is 2.26. The first-order valence-corrected chi connectivity index (χ1v) is 6.62. The SMILES string of the molecule is Cc1ccc(C(C)(C)C)cc1CNC(C)(C)C(=O)O. The highest BCUT2D eigenvalue weighted by molar-refractivity contribution is 5.77. The molecule has 0 spiro atoms. The molecule has 1 aromatic rings. The van der Waals surface area contributed by atoms with Crippen LogP contribution in [0.2, 0.25) is 0 Å². The molecule has 19 heavy (non-hydrogen) atoms. The Hall–Kier alpha value is -1.35. The summed E-state index contributed by atoms with van der Waals surface area (Å²) in [5.41, 5.74) is 2.79. The van der Waals surface area contributed by atoms with Crippen LogP contribution in [0.15, 0.2) is 18.2 Å². The molecule has 1 rings (SSSR count). The monoisotopic (exact) mass is 263 g/mol. The summed E-state index contributed by atoms with van der Waals surface area (Å²) >= 11 is 0. The molecule has 2 N–H and O–H groups in total. The average molecular weight is 263 g/mol. The maximum absolute atomic E-state index is 11.1. The molecule has 0 amide bonds. The molecule has 3 heteroatoms. The number of aryl methyl sites for hydroxylation is 1. The van der Waals surface area contributed by atoms with Crippen molar-refractivity contribution < 1.29 is 9.90 Å². The van der Waals surface area contributed by atoms with Crippen LogP contribution in [0.25, 0.3) is 0 Å². The zero-order valence-electron chi connectivity index (χ0n) is 12.8. The number of rotatable bonds is 4. The van der Waals surface area contributed by atoms with Gasteiger partial charge in [-0.15, -0.1) is 0 Å². The summed E-state index contributed by atoms with van der Waals surface area (Å²) < 4.78 is 0. The lowest BCUT2D eigenvalue weighted by atomic mass is 9.85. The minimum Gasteiger partial charge on any atom is -0.480 e. The third-order valence-corrected chi connectivity index (χ3v) is 3.47. The number of hydrogen-bond donors (Lipinski definition) is 2. The van der Waals surface area contributed by atoms with Crippen molar-refractivity contribution in [1.82, 2.24) is 5.32 Å². The van der Waals surface area contributed by atoms with Crippen LogP contribution in [-0.4, -0.2) is 16.6 Å². The first kappa shape index (κ1) is 15.7. The molecule has 0 aliphatic heterocycles. The smallest absolute Gasteiger partial charge is 0.323 e. The Labute approximate surface area is 116 Å². The van der Waals surface area contributed by atoms with Crippen molar-refractivity contribution in [2.24, 2.45) is 0 Å². The van der Waals surface area contributed by atoms with Gasteiger partial charge >= 0.3 is 5.97 Å². The van der Waals surface area contributed by atoms with Gasteiger partial charge in [0.1, 0.15) is 5.54 Å². The van der Waals surface area contributed by atoms with E-state index in [4.69, 9.17) is 5.11 Å². The lowest BCUT2D eigenvalue weighted by Crippen LogP contribution is -2.46. The molecule has 0 aromatic heterocycles. The number of carboxylic acid groups (broad SMARTS) is 1. The van der Waals surface area contributed by atoms with Gasteiger partial charge in [-0.05, 0) is 42.9 Å². The Morgan fingerprint density at radius 2 is 1.79 bits per heavy atom. The van der Waals surface area contributed by atoms with Crippen LogP contribution in [0.4, 0.5) is 0 Å². The zero-order valence-corrected chi connectivity index (χ0v) is 12.8. The molecule has 0 saturated carbocycles. The molecular weight excluding hydrogens is 238 g/mol. The van der Waals surface area contributed by atoms with E-state index in [1.165, 1.54) is 11.1 Å². The summed E-state index contributed by atoms with van der Waals surface area (Å²) in [6, 6.07) is 6.41. The van der Waals surface area contributed by atoms with Gasteiger partial charge in [-0.1, -0.05) is 39.0 Å². The summed E-state index contributed by atoms with van der Waals surface area (Å²) in [5, 5.41) is 12.2. The van der Waals surface area contributed by atoms with Gasteiger partial charge in [0, 0.05) is 6.54 Å². The predicted molar refractivity (Wildman–Crippen MR) is 78.4 cm³/mol. The van der Waals surface area contributed by atoms with Crippen molar-refractivity contribution in [2.45, 2.75) is 59.0 Å². The molecule has 0 aliphatic rings. The summed E-state index contributed by atoms with van der Waals surface area (Å²) in [5.74, 6) is -0.836. The second-order valence-electron chi connectivity index (χ2n) is 6.67. The summed E-state index contributed by atoms with van der Waals surface area (Å²) in [7, 11) is 0. The summed E-state index contributed by atoms with van der Waals surface area (Å²) in [6.45, 7) is 12.5. The Kier molecular flexibility index (Phi) is 4.41. The highest BCUT2D eigenvalue weighted by Crippen LogP contribution is 2.24. The molecule has 106 valence electrons. The van der Waals surface area contributed by atoms with Gasteiger partial charge in [-0.25, -0.2) is 0 Å². The van der Waals surface area contributed by atoms with Gasteiger partial charge in [0.25, 0.3) is 0 Å². The van der Waals surface area contributed by atoms with E-state index in [1.54, 1.807) is 13.8 Å². The molecule has 0 aliphatic carbocycles. The van der Waals surface area contributed by atoms with E-state index in [1.807, 2.05) is 0 Å². The maximum Gasteiger partial charge on any atom is 0.323 e. The zero-order chi connectivity index (χ0) is 14.8. The van der Waals surface area contributed by atoms with Gasteiger partial charge in [-0.3, -0.25) is 10.1 Å². The quantitative estimate of drug-likeness (QED) is 0.876. The molecule has 0 saturated heterocycles. The molecule has 0 fully saturated rings. The lowest BCUT2D eigenvalue weighted by molar-refractivity contribution is -0.143. The summed E-state index contributed by atoms with van der Waals surface area (Å²) in [6.07, 6.45) is 0. The Morgan fingerprint density at radius 3 is 2.26 bits per heavy atom. The van der Waals surface area contributed by atoms with E-state index in [-0.39, 0.29) is 5.41 Å².